The molecule has 0 fully saturated rings. The molecule has 2 rings (SSSR count). The van der Waals surface area contributed by atoms with Crippen LogP contribution in [0, 0.1) is 5.82 Å². The fourth-order valence-corrected chi connectivity index (χ4v) is 2.30. The molecule has 0 aliphatic carbocycles. The molecule has 1 atom stereocenters. The van der Waals surface area contributed by atoms with E-state index in [1.165, 1.54) is 12.1 Å². The van der Waals surface area contributed by atoms with E-state index >= 15 is 0 Å². The van der Waals surface area contributed by atoms with E-state index in [1.807, 2.05) is 31.2 Å². The highest BCUT2D eigenvalue weighted by atomic mass is 79.9. The average Bonchev–Trinajstić information content (AvgIpc) is 2.34. The molecule has 18 heavy (non-hydrogen) atoms. The minimum Gasteiger partial charge on any atom is -0.378 e. The third kappa shape index (κ3) is 3.33. The number of nitrogens with one attached hydrogen (secondary N) is 1. The monoisotopic (exact) mass is 371 g/mol. The Labute approximate surface area is 123 Å². The van der Waals surface area contributed by atoms with Gasteiger partial charge in [-0.25, -0.2) is 4.39 Å². The number of hydrogen-bond acceptors (Lipinski definition) is 1. The minimum atomic E-state index is -0.247. The van der Waals surface area contributed by atoms with Crippen molar-refractivity contribution in [1.29, 1.82) is 0 Å². The molecule has 1 unspecified atom stereocenters. The molecule has 0 bridgehead atoms. The van der Waals surface area contributed by atoms with Gasteiger partial charge >= 0.3 is 0 Å². The highest BCUT2D eigenvalue weighted by Crippen LogP contribution is 2.27. The number of halogens is 3. The van der Waals surface area contributed by atoms with E-state index in [0.717, 1.165) is 20.2 Å². The number of anilines is 1. The lowest BCUT2D eigenvalue weighted by Gasteiger charge is -2.17. The van der Waals surface area contributed by atoms with Gasteiger partial charge in [-0.05, 0) is 58.7 Å². The third-order valence-corrected chi connectivity index (χ3v) is 3.89. The summed E-state index contributed by atoms with van der Waals surface area (Å²) in [7, 11) is 0. The van der Waals surface area contributed by atoms with Crippen molar-refractivity contribution < 1.29 is 4.39 Å². The molecule has 94 valence electrons. The Hall–Kier alpha value is -0.870. The molecule has 0 aromatic heterocycles. The van der Waals surface area contributed by atoms with E-state index in [9.17, 15) is 4.39 Å². The predicted molar refractivity (Wildman–Crippen MR) is 80.3 cm³/mol. The summed E-state index contributed by atoms with van der Waals surface area (Å²) in [5, 5.41) is 3.28. The molecule has 1 nitrogen and oxygen atoms in total. The van der Waals surface area contributed by atoms with Crippen LogP contribution in [0.1, 0.15) is 18.5 Å². The lowest BCUT2D eigenvalue weighted by atomic mass is 10.1. The van der Waals surface area contributed by atoms with Crippen molar-refractivity contribution in [2.24, 2.45) is 0 Å². The zero-order valence-corrected chi connectivity index (χ0v) is 12.9. The first kappa shape index (κ1) is 13.6. The van der Waals surface area contributed by atoms with Crippen molar-refractivity contribution in [3.63, 3.8) is 0 Å². The summed E-state index contributed by atoms with van der Waals surface area (Å²) in [6, 6.07) is 12.8. The summed E-state index contributed by atoms with van der Waals surface area (Å²) in [4.78, 5) is 0. The standard InChI is InChI=1S/C14H12Br2FN/c1-9(10-2-4-11(15)5-3-10)18-14-8-12(17)6-7-13(14)16/h2-9,18H,1H3. The zero-order chi connectivity index (χ0) is 13.1. The average molecular weight is 373 g/mol. The van der Waals surface area contributed by atoms with Crippen LogP contribution in [0.5, 0.6) is 0 Å². The Balaban J connectivity index is 2.18. The maximum absolute atomic E-state index is 13.2. The summed E-state index contributed by atoms with van der Waals surface area (Å²) in [5.74, 6) is -0.247. The molecule has 0 aliphatic rings. The van der Waals surface area contributed by atoms with Gasteiger partial charge in [0.1, 0.15) is 5.82 Å². The molecule has 0 saturated heterocycles. The Morgan fingerprint density at radius 1 is 1.06 bits per heavy atom. The van der Waals surface area contributed by atoms with Crippen LogP contribution in [0.25, 0.3) is 0 Å². The molecule has 2 aromatic carbocycles. The number of benzene rings is 2. The highest BCUT2D eigenvalue weighted by Gasteiger charge is 2.08. The number of rotatable bonds is 3. The van der Waals surface area contributed by atoms with Gasteiger partial charge in [-0.3, -0.25) is 0 Å². The van der Waals surface area contributed by atoms with Gasteiger partial charge in [0.25, 0.3) is 0 Å². The fourth-order valence-electron chi connectivity index (χ4n) is 1.68. The Bertz CT molecular complexity index is 540. The highest BCUT2D eigenvalue weighted by molar-refractivity contribution is 9.10. The molecular formula is C14H12Br2FN. The Kier molecular flexibility index (Phi) is 4.40. The molecule has 0 amide bonds. The summed E-state index contributed by atoms with van der Waals surface area (Å²) in [6.07, 6.45) is 0. The van der Waals surface area contributed by atoms with Gasteiger partial charge in [0.15, 0.2) is 0 Å². The second kappa shape index (κ2) is 5.85. The van der Waals surface area contributed by atoms with Crippen LogP contribution in [0.15, 0.2) is 51.4 Å². The van der Waals surface area contributed by atoms with E-state index < -0.39 is 0 Å². The fraction of sp³-hybridized carbons (Fsp3) is 0.143. The van der Waals surface area contributed by atoms with Crippen molar-refractivity contribution >= 4 is 37.5 Å². The van der Waals surface area contributed by atoms with Gasteiger partial charge in [-0.1, -0.05) is 28.1 Å². The summed E-state index contributed by atoms with van der Waals surface area (Å²) in [5.41, 5.74) is 1.90. The molecule has 1 N–H and O–H groups in total. The maximum Gasteiger partial charge on any atom is 0.125 e. The minimum absolute atomic E-state index is 0.108. The van der Waals surface area contributed by atoms with E-state index in [-0.39, 0.29) is 11.9 Å². The van der Waals surface area contributed by atoms with Crippen molar-refractivity contribution in [3.05, 3.63) is 62.8 Å². The van der Waals surface area contributed by atoms with Crippen LogP contribution in [0.4, 0.5) is 10.1 Å². The summed E-state index contributed by atoms with van der Waals surface area (Å²) >= 11 is 6.81. The topological polar surface area (TPSA) is 12.0 Å². The van der Waals surface area contributed by atoms with Crippen LogP contribution in [-0.4, -0.2) is 0 Å². The Morgan fingerprint density at radius 2 is 1.72 bits per heavy atom. The first-order valence-electron chi connectivity index (χ1n) is 5.53. The van der Waals surface area contributed by atoms with Crippen molar-refractivity contribution in [3.8, 4) is 0 Å². The van der Waals surface area contributed by atoms with Gasteiger partial charge < -0.3 is 5.32 Å². The quantitative estimate of drug-likeness (QED) is 0.747. The van der Waals surface area contributed by atoms with Gasteiger partial charge in [-0.2, -0.15) is 0 Å². The van der Waals surface area contributed by atoms with Crippen LogP contribution >= 0.6 is 31.9 Å². The normalized spacial score (nSPS) is 12.2. The molecule has 0 saturated carbocycles. The van der Waals surface area contributed by atoms with Gasteiger partial charge in [0.2, 0.25) is 0 Å². The molecular weight excluding hydrogens is 361 g/mol. The Morgan fingerprint density at radius 3 is 2.39 bits per heavy atom. The third-order valence-electron chi connectivity index (χ3n) is 2.67. The van der Waals surface area contributed by atoms with Crippen LogP contribution in [-0.2, 0) is 0 Å². The molecule has 0 heterocycles. The van der Waals surface area contributed by atoms with E-state index in [0.29, 0.717) is 0 Å². The second-order valence-corrected chi connectivity index (χ2v) is 5.81. The van der Waals surface area contributed by atoms with Crippen LogP contribution < -0.4 is 5.32 Å². The first-order chi connectivity index (χ1) is 8.56. The van der Waals surface area contributed by atoms with Crippen LogP contribution in [0.2, 0.25) is 0 Å². The van der Waals surface area contributed by atoms with E-state index in [1.54, 1.807) is 6.07 Å². The number of hydrogen-bond donors (Lipinski definition) is 1. The summed E-state index contributed by atoms with van der Waals surface area (Å²) < 4.78 is 15.1. The molecule has 0 radical (unpaired) electrons. The van der Waals surface area contributed by atoms with Crippen molar-refractivity contribution in [1.82, 2.24) is 0 Å². The summed E-state index contributed by atoms with van der Waals surface area (Å²) in [6.45, 7) is 2.04. The molecule has 0 aliphatic heterocycles. The smallest absolute Gasteiger partial charge is 0.125 e. The zero-order valence-electron chi connectivity index (χ0n) is 9.75. The van der Waals surface area contributed by atoms with Gasteiger partial charge in [0, 0.05) is 15.0 Å². The van der Waals surface area contributed by atoms with Crippen LogP contribution in [0.3, 0.4) is 0 Å². The molecule has 0 spiro atoms. The lowest BCUT2D eigenvalue weighted by Crippen LogP contribution is -2.07. The van der Waals surface area contributed by atoms with Gasteiger partial charge in [0.05, 0.1) is 5.69 Å². The SMILES string of the molecule is CC(Nc1cc(F)ccc1Br)c1ccc(Br)cc1. The van der Waals surface area contributed by atoms with Crippen molar-refractivity contribution in [2.75, 3.05) is 5.32 Å². The molecule has 2 aromatic rings. The lowest BCUT2D eigenvalue weighted by molar-refractivity contribution is 0.627. The second-order valence-electron chi connectivity index (χ2n) is 4.04. The van der Waals surface area contributed by atoms with E-state index in [4.69, 9.17) is 0 Å². The van der Waals surface area contributed by atoms with E-state index in [2.05, 4.69) is 37.2 Å². The first-order valence-corrected chi connectivity index (χ1v) is 7.12. The van der Waals surface area contributed by atoms with Crippen molar-refractivity contribution in [2.45, 2.75) is 13.0 Å². The largest absolute Gasteiger partial charge is 0.378 e. The molecule has 4 heteroatoms. The predicted octanol–water partition coefficient (Wildman–Crippen LogP) is 5.52. The van der Waals surface area contributed by atoms with Gasteiger partial charge in [-0.15, -0.1) is 0 Å². The maximum atomic E-state index is 13.2.